The fourth-order valence-electron chi connectivity index (χ4n) is 2.97. The van der Waals surface area contributed by atoms with Gasteiger partial charge in [-0.3, -0.25) is 4.79 Å². The molecule has 1 amide bonds. The Kier molecular flexibility index (Phi) is 5.11. The lowest BCUT2D eigenvalue weighted by atomic mass is 10.0. The van der Waals surface area contributed by atoms with Crippen LogP contribution >= 0.6 is 0 Å². The number of aromatic nitrogens is 1. The molecule has 7 heteroatoms. The number of rotatable bonds is 4. The Morgan fingerprint density at radius 1 is 1.36 bits per heavy atom. The molecule has 1 aliphatic rings. The highest BCUT2D eigenvalue weighted by atomic mass is 19.1. The molecule has 1 aromatic carbocycles. The Morgan fingerprint density at radius 2 is 2.16 bits per heavy atom. The lowest BCUT2D eigenvalue weighted by molar-refractivity contribution is -0.149. The molecular formula is C18H19FN2O4. The standard InChI is InChI=1S/C18H19FN2O4/c1-2-24-18(23)15-9-5-6-10-21(15)17(22)14-11-16(25-20-14)12-7-3-4-8-13(12)19/h3-4,7-8,11,15H,2,5-6,9-10H2,1H3. The van der Waals surface area contributed by atoms with Crippen molar-refractivity contribution in [1.29, 1.82) is 0 Å². The molecule has 1 fully saturated rings. The lowest BCUT2D eigenvalue weighted by Crippen LogP contribution is -2.48. The van der Waals surface area contributed by atoms with E-state index >= 15 is 0 Å². The van der Waals surface area contributed by atoms with Crippen LogP contribution in [0.3, 0.4) is 0 Å². The van der Waals surface area contributed by atoms with Gasteiger partial charge in [0.25, 0.3) is 5.91 Å². The number of carbonyl (C=O) groups excluding carboxylic acids is 2. The molecule has 1 unspecified atom stereocenters. The van der Waals surface area contributed by atoms with Crippen LogP contribution in [0.1, 0.15) is 36.7 Å². The van der Waals surface area contributed by atoms with Gasteiger partial charge in [-0.05, 0) is 38.3 Å². The summed E-state index contributed by atoms with van der Waals surface area (Å²) < 4.78 is 24.0. The SMILES string of the molecule is CCOC(=O)C1CCCCN1C(=O)c1cc(-c2ccccc2F)on1. The number of hydrogen-bond acceptors (Lipinski definition) is 5. The van der Waals surface area contributed by atoms with E-state index in [2.05, 4.69) is 5.16 Å². The van der Waals surface area contributed by atoms with Gasteiger partial charge in [-0.2, -0.15) is 0 Å². The van der Waals surface area contributed by atoms with Gasteiger partial charge in [-0.15, -0.1) is 0 Å². The number of likely N-dealkylation sites (tertiary alicyclic amines) is 1. The van der Waals surface area contributed by atoms with Gasteiger partial charge in [-0.25, -0.2) is 9.18 Å². The first-order valence-corrected chi connectivity index (χ1v) is 8.31. The van der Waals surface area contributed by atoms with Crippen LogP contribution in [0.15, 0.2) is 34.9 Å². The van der Waals surface area contributed by atoms with Crippen LogP contribution in [0.4, 0.5) is 4.39 Å². The van der Waals surface area contributed by atoms with Crippen LogP contribution in [-0.2, 0) is 9.53 Å². The van der Waals surface area contributed by atoms with E-state index in [-0.39, 0.29) is 23.6 Å². The van der Waals surface area contributed by atoms with E-state index in [1.807, 2.05) is 0 Å². The van der Waals surface area contributed by atoms with E-state index in [1.165, 1.54) is 17.0 Å². The Morgan fingerprint density at radius 3 is 2.92 bits per heavy atom. The normalized spacial score (nSPS) is 17.4. The molecule has 0 N–H and O–H groups in total. The molecule has 6 nitrogen and oxygen atoms in total. The van der Waals surface area contributed by atoms with E-state index in [4.69, 9.17) is 9.26 Å². The van der Waals surface area contributed by atoms with Crippen LogP contribution in [0.25, 0.3) is 11.3 Å². The third kappa shape index (κ3) is 3.55. The highest BCUT2D eigenvalue weighted by molar-refractivity contribution is 5.96. The number of benzene rings is 1. The van der Waals surface area contributed by atoms with Crippen LogP contribution in [0, 0.1) is 5.82 Å². The van der Waals surface area contributed by atoms with Gasteiger partial charge in [0.2, 0.25) is 0 Å². The second kappa shape index (κ2) is 7.46. The molecule has 2 heterocycles. The van der Waals surface area contributed by atoms with Gasteiger partial charge < -0.3 is 14.2 Å². The minimum atomic E-state index is -0.616. The van der Waals surface area contributed by atoms with Crippen molar-refractivity contribution < 1.29 is 23.2 Å². The van der Waals surface area contributed by atoms with Crippen molar-refractivity contribution >= 4 is 11.9 Å². The van der Waals surface area contributed by atoms with Gasteiger partial charge in [0, 0.05) is 12.6 Å². The van der Waals surface area contributed by atoms with Gasteiger partial charge >= 0.3 is 5.97 Å². The summed E-state index contributed by atoms with van der Waals surface area (Å²) in [5.74, 6) is -1.11. The minimum Gasteiger partial charge on any atom is -0.464 e. The third-order valence-corrected chi connectivity index (χ3v) is 4.19. The Bertz CT molecular complexity index is 774. The first-order chi connectivity index (χ1) is 12.1. The van der Waals surface area contributed by atoms with Crippen LogP contribution < -0.4 is 0 Å². The molecule has 0 spiro atoms. The largest absolute Gasteiger partial charge is 0.464 e. The fourth-order valence-corrected chi connectivity index (χ4v) is 2.97. The first kappa shape index (κ1) is 17.1. The third-order valence-electron chi connectivity index (χ3n) is 4.19. The molecule has 1 saturated heterocycles. The van der Waals surface area contributed by atoms with Crippen molar-refractivity contribution in [3.8, 4) is 11.3 Å². The number of ether oxygens (including phenoxy) is 1. The monoisotopic (exact) mass is 346 g/mol. The van der Waals surface area contributed by atoms with Gasteiger partial charge in [0.15, 0.2) is 11.5 Å². The molecule has 0 bridgehead atoms. The number of nitrogens with zero attached hydrogens (tertiary/aromatic N) is 2. The maximum Gasteiger partial charge on any atom is 0.328 e. The van der Waals surface area contributed by atoms with Gasteiger partial charge in [-0.1, -0.05) is 17.3 Å². The Balaban J connectivity index is 1.82. The van der Waals surface area contributed by atoms with Gasteiger partial charge in [0.05, 0.1) is 12.2 Å². The van der Waals surface area contributed by atoms with Gasteiger partial charge in [0.1, 0.15) is 11.9 Å². The highest BCUT2D eigenvalue weighted by Crippen LogP contribution is 2.25. The highest BCUT2D eigenvalue weighted by Gasteiger charge is 2.35. The fraction of sp³-hybridized carbons (Fsp3) is 0.389. The van der Waals surface area contributed by atoms with Crippen LogP contribution in [-0.4, -0.2) is 41.1 Å². The molecule has 25 heavy (non-hydrogen) atoms. The summed E-state index contributed by atoms with van der Waals surface area (Å²) in [6.07, 6.45) is 2.22. The van der Waals surface area contributed by atoms with Crippen molar-refractivity contribution in [3.05, 3.63) is 41.8 Å². The van der Waals surface area contributed by atoms with Crippen LogP contribution in [0.5, 0.6) is 0 Å². The van der Waals surface area contributed by atoms with Crippen molar-refractivity contribution in [2.45, 2.75) is 32.2 Å². The summed E-state index contributed by atoms with van der Waals surface area (Å²) in [5, 5.41) is 3.76. The summed E-state index contributed by atoms with van der Waals surface area (Å²) in [5.41, 5.74) is 0.282. The molecule has 0 saturated carbocycles. The molecule has 3 rings (SSSR count). The molecule has 1 atom stereocenters. The average molecular weight is 346 g/mol. The van der Waals surface area contributed by atoms with E-state index in [0.717, 1.165) is 12.8 Å². The number of amides is 1. The maximum atomic E-state index is 13.8. The number of carbonyl (C=O) groups is 2. The summed E-state index contributed by atoms with van der Waals surface area (Å²) in [6.45, 7) is 2.44. The zero-order valence-corrected chi connectivity index (χ0v) is 13.9. The average Bonchev–Trinajstić information content (AvgIpc) is 3.11. The number of esters is 1. The molecule has 132 valence electrons. The smallest absolute Gasteiger partial charge is 0.328 e. The zero-order chi connectivity index (χ0) is 17.8. The van der Waals surface area contributed by atoms with Crippen LogP contribution in [0.2, 0.25) is 0 Å². The second-order valence-corrected chi connectivity index (χ2v) is 5.82. The summed E-state index contributed by atoms with van der Waals surface area (Å²) in [7, 11) is 0. The quantitative estimate of drug-likeness (QED) is 0.796. The van der Waals surface area contributed by atoms with Crippen molar-refractivity contribution in [3.63, 3.8) is 0 Å². The van der Waals surface area contributed by atoms with E-state index in [1.54, 1.807) is 25.1 Å². The van der Waals surface area contributed by atoms with Crippen molar-refractivity contribution in [1.82, 2.24) is 10.1 Å². The minimum absolute atomic E-state index is 0.0504. The summed E-state index contributed by atoms with van der Waals surface area (Å²) in [4.78, 5) is 26.3. The van der Waals surface area contributed by atoms with Crippen molar-refractivity contribution in [2.24, 2.45) is 0 Å². The van der Waals surface area contributed by atoms with E-state index in [0.29, 0.717) is 13.0 Å². The van der Waals surface area contributed by atoms with E-state index in [9.17, 15) is 14.0 Å². The summed E-state index contributed by atoms with van der Waals surface area (Å²) >= 11 is 0. The Hall–Kier alpha value is -2.70. The first-order valence-electron chi connectivity index (χ1n) is 8.31. The molecule has 0 aliphatic carbocycles. The number of halogens is 1. The molecular weight excluding hydrogens is 327 g/mol. The molecule has 0 radical (unpaired) electrons. The Labute approximate surface area is 144 Å². The number of hydrogen-bond donors (Lipinski definition) is 0. The second-order valence-electron chi connectivity index (χ2n) is 5.82. The predicted octanol–water partition coefficient (Wildman–Crippen LogP) is 3.04. The van der Waals surface area contributed by atoms with E-state index < -0.39 is 23.7 Å². The predicted molar refractivity (Wildman–Crippen MR) is 87.2 cm³/mol. The zero-order valence-electron chi connectivity index (χ0n) is 13.9. The lowest BCUT2D eigenvalue weighted by Gasteiger charge is -2.33. The maximum absolute atomic E-state index is 13.8. The molecule has 1 aromatic heterocycles. The summed E-state index contributed by atoms with van der Waals surface area (Å²) in [6, 6.07) is 6.88. The molecule has 1 aliphatic heterocycles. The topological polar surface area (TPSA) is 72.6 Å². The molecule has 2 aromatic rings. The number of piperidine rings is 1. The van der Waals surface area contributed by atoms with Crippen molar-refractivity contribution in [2.75, 3.05) is 13.2 Å².